The molecular weight excluding hydrogens is 332 g/mol. The highest BCUT2D eigenvalue weighted by atomic mass is 16.5. The van der Waals surface area contributed by atoms with Crippen molar-refractivity contribution in [3.63, 3.8) is 0 Å². The lowest BCUT2D eigenvalue weighted by Gasteiger charge is -2.15. The molecule has 0 bridgehead atoms. The number of ether oxygens (including phenoxy) is 4. The molecule has 6 heteroatoms. The Morgan fingerprint density at radius 2 is 1.38 bits per heavy atom. The van der Waals surface area contributed by atoms with Gasteiger partial charge in [-0.1, -0.05) is 0 Å². The van der Waals surface area contributed by atoms with Crippen molar-refractivity contribution in [2.24, 2.45) is 0 Å². The van der Waals surface area contributed by atoms with Gasteiger partial charge in [0.25, 0.3) is 0 Å². The van der Waals surface area contributed by atoms with Crippen LogP contribution in [0.5, 0.6) is 23.0 Å². The van der Waals surface area contributed by atoms with Crippen molar-refractivity contribution in [1.29, 1.82) is 0 Å². The summed E-state index contributed by atoms with van der Waals surface area (Å²) in [6.45, 7) is 1.96. The van der Waals surface area contributed by atoms with Crippen LogP contribution in [0.4, 0.5) is 0 Å². The number of aryl methyl sites for hydroxylation is 1. The van der Waals surface area contributed by atoms with E-state index in [0.29, 0.717) is 17.2 Å². The van der Waals surface area contributed by atoms with Gasteiger partial charge in [0.05, 0.1) is 45.5 Å². The molecule has 1 heterocycles. The van der Waals surface area contributed by atoms with Crippen LogP contribution in [0.25, 0.3) is 16.9 Å². The van der Waals surface area contributed by atoms with Gasteiger partial charge in [-0.2, -0.15) is 5.10 Å². The van der Waals surface area contributed by atoms with Gasteiger partial charge in [-0.05, 0) is 37.3 Å². The average Bonchev–Trinajstić information content (AvgIpc) is 3.08. The summed E-state index contributed by atoms with van der Waals surface area (Å²) in [5.74, 6) is 2.52. The highest BCUT2D eigenvalue weighted by Crippen LogP contribution is 2.40. The summed E-state index contributed by atoms with van der Waals surface area (Å²) in [7, 11) is 6.43. The molecule has 2 aromatic carbocycles. The fourth-order valence-electron chi connectivity index (χ4n) is 2.85. The Hall–Kier alpha value is -3.15. The molecule has 0 amide bonds. The van der Waals surface area contributed by atoms with Crippen LogP contribution in [0.15, 0.2) is 42.5 Å². The van der Waals surface area contributed by atoms with E-state index in [9.17, 15) is 0 Å². The van der Waals surface area contributed by atoms with Crippen molar-refractivity contribution in [2.75, 3.05) is 28.4 Å². The molecule has 3 rings (SSSR count). The first kappa shape index (κ1) is 17.7. The standard InChI is InChI=1S/C20H22N2O4/c1-13-10-17(14-6-8-16(23-2)9-7-14)22(21-13)15-11-18(24-3)20(26-5)19(12-15)25-4/h6-12H,1-5H3. The lowest BCUT2D eigenvalue weighted by molar-refractivity contribution is 0.324. The highest BCUT2D eigenvalue weighted by molar-refractivity contribution is 5.66. The molecule has 0 fully saturated rings. The quantitative estimate of drug-likeness (QED) is 0.672. The average molecular weight is 354 g/mol. The number of hydrogen-bond acceptors (Lipinski definition) is 5. The molecule has 0 atom stereocenters. The molecule has 136 valence electrons. The van der Waals surface area contributed by atoms with E-state index in [1.807, 2.05) is 54.1 Å². The molecular formula is C20H22N2O4. The first-order valence-electron chi connectivity index (χ1n) is 8.12. The Morgan fingerprint density at radius 1 is 0.769 bits per heavy atom. The number of benzene rings is 2. The van der Waals surface area contributed by atoms with E-state index in [-0.39, 0.29) is 0 Å². The summed E-state index contributed by atoms with van der Waals surface area (Å²) in [6.07, 6.45) is 0. The van der Waals surface area contributed by atoms with Crippen LogP contribution in [0.1, 0.15) is 5.69 Å². The zero-order chi connectivity index (χ0) is 18.7. The van der Waals surface area contributed by atoms with Gasteiger partial charge in [0, 0.05) is 17.7 Å². The monoisotopic (exact) mass is 354 g/mol. The second-order valence-electron chi connectivity index (χ2n) is 5.69. The van der Waals surface area contributed by atoms with Crippen LogP contribution >= 0.6 is 0 Å². The smallest absolute Gasteiger partial charge is 0.203 e. The highest BCUT2D eigenvalue weighted by Gasteiger charge is 2.17. The van der Waals surface area contributed by atoms with E-state index >= 15 is 0 Å². The zero-order valence-corrected chi connectivity index (χ0v) is 15.6. The number of hydrogen-bond donors (Lipinski definition) is 0. The summed E-state index contributed by atoms with van der Waals surface area (Å²) in [5, 5.41) is 4.64. The van der Waals surface area contributed by atoms with Gasteiger partial charge in [-0.15, -0.1) is 0 Å². The molecule has 0 spiro atoms. The van der Waals surface area contributed by atoms with Gasteiger partial charge < -0.3 is 18.9 Å². The largest absolute Gasteiger partial charge is 0.497 e. The number of nitrogens with zero attached hydrogens (tertiary/aromatic N) is 2. The number of rotatable bonds is 6. The van der Waals surface area contributed by atoms with Crippen molar-refractivity contribution < 1.29 is 18.9 Å². The molecule has 0 aliphatic heterocycles. The molecule has 0 aliphatic rings. The fraction of sp³-hybridized carbons (Fsp3) is 0.250. The Bertz CT molecular complexity index is 876. The molecule has 0 unspecified atom stereocenters. The van der Waals surface area contributed by atoms with Crippen molar-refractivity contribution in [3.8, 4) is 39.9 Å². The van der Waals surface area contributed by atoms with E-state index in [1.54, 1.807) is 28.4 Å². The first-order valence-corrected chi connectivity index (χ1v) is 8.12. The van der Waals surface area contributed by atoms with Gasteiger partial charge >= 0.3 is 0 Å². The maximum atomic E-state index is 5.46. The van der Waals surface area contributed by atoms with Crippen molar-refractivity contribution >= 4 is 0 Å². The predicted octanol–water partition coefficient (Wildman–Crippen LogP) is 3.88. The minimum atomic E-state index is 0.550. The third-order valence-corrected chi connectivity index (χ3v) is 4.11. The van der Waals surface area contributed by atoms with Gasteiger partial charge in [0.1, 0.15) is 5.75 Å². The van der Waals surface area contributed by atoms with E-state index < -0.39 is 0 Å². The molecule has 6 nitrogen and oxygen atoms in total. The fourth-order valence-corrected chi connectivity index (χ4v) is 2.85. The number of aromatic nitrogens is 2. The summed E-state index contributed by atoms with van der Waals surface area (Å²) in [5.41, 5.74) is 3.71. The lowest BCUT2D eigenvalue weighted by Crippen LogP contribution is -2.02. The summed E-state index contributed by atoms with van der Waals surface area (Å²) < 4.78 is 23.4. The summed E-state index contributed by atoms with van der Waals surface area (Å²) >= 11 is 0. The molecule has 0 saturated heterocycles. The van der Waals surface area contributed by atoms with Gasteiger partial charge in [-0.25, -0.2) is 4.68 Å². The van der Waals surface area contributed by atoms with Crippen molar-refractivity contribution in [3.05, 3.63) is 48.2 Å². The molecule has 3 aromatic rings. The van der Waals surface area contributed by atoms with Crippen molar-refractivity contribution in [2.45, 2.75) is 6.92 Å². The Kier molecular flexibility index (Phi) is 5.02. The van der Waals surface area contributed by atoms with Crippen LogP contribution in [0.3, 0.4) is 0 Å². The SMILES string of the molecule is COc1ccc(-c2cc(C)nn2-c2cc(OC)c(OC)c(OC)c2)cc1. The van der Waals surface area contributed by atoms with E-state index in [1.165, 1.54) is 0 Å². The normalized spacial score (nSPS) is 10.5. The topological polar surface area (TPSA) is 54.7 Å². The molecule has 0 saturated carbocycles. The Balaban J connectivity index is 2.15. The van der Waals surface area contributed by atoms with Crippen molar-refractivity contribution in [1.82, 2.24) is 9.78 Å². The van der Waals surface area contributed by atoms with E-state index in [2.05, 4.69) is 5.10 Å². The van der Waals surface area contributed by atoms with Gasteiger partial charge in [0.2, 0.25) is 5.75 Å². The van der Waals surface area contributed by atoms with Gasteiger partial charge in [-0.3, -0.25) is 0 Å². The molecule has 1 aromatic heterocycles. The zero-order valence-electron chi connectivity index (χ0n) is 15.6. The van der Waals surface area contributed by atoms with Crippen LogP contribution in [0, 0.1) is 6.92 Å². The maximum absolute atomic E-state index is 5.46. The Morgan fingerprint density at radius 3 is 1.88 bits per heavy atom. The minimum Gasteiger partial charge on any atom is -0.497 e. The molecule has 26 heavy (non-hydrogen) atoms. The van der Waals surface area contributed by atoms with Crippen LogP contribution in [-0.2, 0) is 0 Å². The molecule has 0 N–H and O–H groups in total. The first-order chi connectivity index (χ1) is 12.6. The Labute approximate surface area is 152 Å². The van der Waals surface area contributed by atoms with Gasteiger partial charge in [0.15, 0.2) is 11.5 Å². The van der Waals surface area contributed by atoms with E-state index in [0.717, 1.165) is 28.4 Å². The molecule has 0 aliphatic carbocycles. The second kappa shape index (κ2) is 7.39. The van der Waals surface area contributed by atoms with E-state index in [4.69, 9.17) is 18.9 Å². The van der Waals surface area contributed by atoms with Crippen LogP contribution in [0.2, 0.25) is 0 Å². The lowest BCUT2D eigenvalue weighted by atomic mass is 10.1. The maximum Gasteiger partial charge on any atom is 0.203 e. The van der Waals surface area contributed by atoms with Crippen LogP contribution in [-0.4, -0.2) is 38.2 Å². The summed E-state index contributed by atoms with van der Waals surface area (Å²) in [6, 6.07) is 13.6. The predicted molar refractivity (Wildman–Crippen MR) is 99.9 cm³/mol. The minimum absolute atomic E-state index is 0.550. The summed E-state index contributed by atoms with van der Waals surface area (Å²) in [4.78, 5) is 0. The van der Waals surface area contributed by atoms with Crippen LogP contribution < -0.4 is 18.9 Å². The molecule has 0 radical (unpaired) electrons. The number of methoxy groups -OCH3 is 4. The second-order valence-corrected chi connectivity index (χ2v) is 5.69. The third-order valence-electron chi connectivity index (χ3n) is 4.11. The third kappa shape index (κ3) is 3.18.